The van der Waals surface area contributed by atoms with Crippen LogP contribution >= 0.6 is 0 Å². The maximum absolute atomic E-state index is 12.6. The zero-order valence-electron chi connectivity index (χ0n) is 18.3. The number of benzene rings is 2. The predicted octanol–water partition coefficient (Wildman–Crippen LogP) is 3.14. The van der Waals surface area contributed by atoms with Gasteiger partial charge in [0, 0.05) is 5.69 Å². The molecule has 10 heteroatoms. The molecule has 0 aliphatic heterocycles. The fraction of sp³-hybridized carbons (Fsp3) is 0.273. The first kappa shape index (κ1) is 22.6. The smallest absolute Gasteiger partial charge is 0.338 e. The summed E-state index contributed by atoms with van der Waals surface area (Å²) in [6.07, 6.45) is 0.836. The molecule has 2 aromatic carbocycles. The first-order chi connectivity index (χ1) is 15.5. The summed E-state index contributed by atoms with van der Waals surface area (Å²) < 4.78 is 21.2. The molecule has 0 aliphatic rings. The van der Waals surface area contributed by atoms with Gasteiger partial charge < -0.3 is 30.0 Å². The topological polar surface area (TPSA) is 131 Å². The van der Waals surface area contributed by atoms with Gasteiger partial charge in [-0.3, -0.25) is 0 Å². The molecule has 1 aromatic heterocycles. The Morgan fingerprint density at radius 1 is 1.00 bits per heavy atom. The first-order valence-electron chi connectivity index (χ1n) is 9.81. The molecule has 0 saturated heterocycles. The highest BCUT2D eigenvalue weighted by atomic mass is 16.5. The molecule has 0 spiro atoms. The Kier molecular flexibility index (Phi) is 7.27. The highest BCUT2D eigenvalue weighted by Gasteiger charge is 2.18. The van der Waals surface area contributed by atoms with Crippen molar-refractivity contribution in [2.75, 3.05) is 32.4 Å². The standard InChI is InChI=1S/C22H25N5O5/c1-5-13-8-6-7-9-15(13)24-22-26-18(25-21(23)27-22)12-32-20(28)14-10-16(29-2)19(31-4)17(11-14)30-3/h6-11H,5,12H2,1-4H3,(H3,23,24,25,26,27). The highest BCUT2D eigenvalue weighted by molar-refractivity contribution is 5.91. The number of nitrogen functional groups attached to an aromatic ring is 1. The molecular weight excluding hydrogens is 414 g/mol. The second-order valence-electron chi connectivity index (χ2n) is 6.56. The van der Waals surface area contributed by atoms with Crippen LogP contribution in [-0.4, -0.2) is 42.3 Å². The van der Waals surface area contributed by atoms with Crippen molar-refractivity contribution in [2.24, 2.45) is 0 Å². The van der Waals surface area contributed by atoms with E-state index in [2.05, 4.69) is 27.2 Å². The number of aryl methyl sites for hydroxylation is 1. The Labute approximate surface area is 185 Å². The summed E-state index contributed by atoms with van der Waals surface area (Å²) in [5.74, 6) is 0.907. The van der Waals surface area contributed by atoms with E-state index in [1.54, 1.807) is 0 Å². The van der Waals surface area contributed by atoms with E-state index >= 15 is 0 Å². The van der Waals surface area contributed by atoms with E-state index in [0.29, 0.717) is 17.2 Å². The summed E-state index contributed by atoms with van der Waals surface area (Å²) in [7, 11) is 4.41. The number of hydrogen-bond acceptors (Lipinski definition) is 10. The molecule has 0 saturated carbocycles. The summed E-state index contributed by atoms with van der Waals surface area (Å²) in [4.78, 5) is 25.1. The van der Waals surface area contributed by atoms with Crippen LogP contribution in [0.25, 0.3) is 0 Å². The highest BCUT2D eigenvalue weighted by Crippen LogP contribution is 2.38. The van der Waals surface area contributed by atoms with Crippen LogP contribution in [0.4, 0.5) is 17.6 Å². The molecule has 0 radical (unpaired) electrons. The van der Waals surface area contributed by atoms with Crippen molar-refractivity contribution in [3.63, 3.8) is 0 Å². The first-order valence-corrected chi connectivity index (χ1v) is 9.81. The minimum Gasteiger partial charge on any atom is -0.493 e. The maximum atomic E-state index is 12.6. The summed E-state index contributed by atoms with van der Waals surface area (Å²) in [6, 6.07) is 10.8. The molecule has 1 heterocycles. The van der Waals surface area contributed by atoms with Gasteiger partial charge in [-0.05, 0) is 30.2 Å². The fourth-order valence-corrected chi connectivity index (χ4v) is 3.04. The van der Waals surface area contributed by atoms with E-state index in [9.17, 15) is 4.79 Å². The number of carbonyl (C=O) groups is 1. The SMILES string of the molecule is CCc1ccccc1Nc1nc(N)nc(COC(=O)c2cc(OC)c(OC)c(OC)c2)n1. The molecule has 0 atom stereocenters. The molecule has 32 heavy (non-hydrogen) atoms. The third kappa shape index (κ3) is 5.15. The van der Waals surface area contributed by atoms with Crippen LogP contribution in [0.5, 0.6) is 17.2 Å². The zero-order valence-corrected chi connectivity index (χ0v) is 18.3. The number of anilines is 3. The van der Waals surface area contributed by atoms with Gasteiger partial charge in [0.25, 0.3) is 0 Å². The molecular formula is C22H25N5O5. The Morgan fingerprint density at radius 3 is 2.31 bits per heavy atom. The van der Waals surface area contributed by atoms with Gasteiger partial charge in [-0.2, -0.15) is 15.0 Å². The van der Waals surface area contributed by atoms with E-state index in [4.69, 9.17) is 24.7 Å². The lowest BCUT2D eigenvalue weighted by Crippen LogP contribution is -2.12. The molecule has 3 aromatic rings. The quantitative estimate of drug-likeness (QED) is 0.479. The van der Waals surface area contributed by atoms with Gasteiger partial charge in [-0.25, -0.2) is 4.79 Å². The number of rotatable bonds is 9. The lowest BCUT2D eigenvalue weighted by Gasteiger charge is -2.14. The van der Waals surface area contributed by atoms with Gasteiger partial charge in [0.15, 0.2) is 23.9 Å². The summed E-state index contributed by atoms with van der Waals surface area (Å²) >= 11 is 0. The van der Waals surface area contributed by atoms with Crippen LogP contribution in [0.15, 0.2) is 36.4 Å². The molecule has 0 aliphatic carbocycles. The number of para-hydroxylation sites is 1. The van der Waals surface area contributed by atoms with Crippen molar-refractivity contribution in [2.45, 2.75) is 20.0 Å². The molecule has 3 N–H and O–H groups in total. The number of hydrogen-bond donors (Lipinski definition) is 2. The van der Waals surface area contributed by atoms with Crippen LogP contribution in [0.3, 0.4) is 0 Å². The second kappa shape index (κ2) is 10.3. The number of nitrogens with two attached hydrogens (primary N) is 1. The van der Waals surface area contributed by atoms with E-state index in [1.165, 1.54) is 33.5 Å². The average Bonchev–Trinajstić information content (AvgIpc) is 2.81. The van der Waals surface area contributed by atoms with Crippen molar-refractivity contribution in [3.8, 4) is 17.2 Å². The summed E-state index contributed by atoms with van der Waals surface area (Å²) in [5.41, 5.74) is 8.00. The molecule has 0 fully saturated rings. The van der Waals surface area contributed by atoms with Gasteiger partial charge in [0.1, 0.15) is 0 Å². The minimum absolute atomic E-state index is 0.00955. The van der Waals surface area contributed by atoms with Crippen LogP contribution < -0.4 is 25.3 Å². The number of esters is 1. The number of aromatic nitrogens is 3. The monoisotopic (exact) mass is 439 g/mol. The summed E-state index contributed by atoms with van der Waals surface area (Å²) in [5, 5.41) is 3.14. The van der Waals surface area contributed by atoms with Crippen molar-refractivity contribution < 1.29 is 23.7 Å². The fourth-order valence-electron chi connectivity index (χ4n) is 3.04. The third-order valence-electron chi connectivity index (χ3n) is 4.58. The second-order valence-corrected chi connectivity index (χ2v) is 6.56. The molecule has 168 valence electrons. The molecule has 0 bridgehead atoms. The zero-order chi connectivity index (χ0) is 23.1. The van der Waals surface area contributed by atoms with Crippen molar-refractivity contribution >= 4 is 23.6 Å². The molecule has 0 unspecified atom stereocenters. The van der Waals surface area contributed by atoms with E-state index < -0.39 is 5.97 Å². The lowest BCUT2D eigenvalue weighted by atomic mass is 10.1. The number of ether oxygens (including phenoxy) is 4. The average molecular weight is 439 g/mol. The van der Waals surface area contributed by atoms with Gasteiger partial charge >= 0.3 is 5.97 Å². The van der Waals surface area contributed by atoms with Crippen LogP contribution in [0, 0.1) is 0 Å². The minimum atomic E-state index is -0.617. The van der Waals surface area contributed by atoms with Crippen molar-refractivity contribution in [1.82, 2.24) is 15.0 Å². The van der Waals surface area contributed by atoms with Gasteiger partial charge in [-0.15, -0.1) is 0 Å². The Bertz CT molecular complexity index is 1080. The number of carbonyl (C=O) groups excluding carboxylic acids is 1. The third-order valence-corrected chi connectivity index (χ3v) is 4.58. The normalized spacial score (nSPS) is 10.4. The van der Waals surface area contributed by atoms with Gasteiger partial charge in [0.2, 0.25) is 17.6 Å². The Morgan fingerprint density at radius 2 is 1.69 bits per heavy atom. The van der Waals surface area contributed by atoms with Crippen LogP contribution in [-0.2, 0) is 17.8 Å². The van der Waals surface area contributed by atoms with E-state index in [0.717, 1.165) is 17.7 Å². The largest absolute Gasteiger partial charge is 0.493 e. The summed E-state index contributed by atoms with van der Waals surface area (Å²) in [6.45, 7) is 1.85. The van der Waals surface area contributed by atoms with E-state index in [1.807, 2.05) is 24.3 Å². The number of nitrogens with zero attached hydrogens (tertiary/aromatic N) is 3. The predicted molar refractivity (Wildman–Crippen MR) is 119 cm³/mol. The Hall–Kier alpha value is -4.08. The van der Waals surface area contributed by atoms with Gasteiger partial charge in [0.05, 0.1) is 26.9 Å². The molecule has 3 rings (SSSR count). The van der Waals surface area contributed by atoms with Crippen LogP contribution in [0.2, 0.25) is 0 Å². The van der Waals surface area contributed by atoms with Gasteiger partial charge in [-0.1, -0.05) is 25.1 Å². The number of methoxy groups -OCH3 is 3. The lowest BCUT2D eigenvalue weighted by molar-refractivity contribution is 0.0461. The van der Waals surface area contributed by atoms with Crippen molar-refractivity contribution in [1.29, 1.82) is 0 Å². The number of nitrogens with one attached hydrogen (secondary N) is 1. The maximum Gasteiger partial charge on any atom is 0.338 e. The molecule has 0 amide bonds. The molecule has 10 nitrogen and oxygen atoms in total. The Balaban J connectivity index is 1.76. The van der Waals surface area contributed by atoms with E-state index in [-0.39, 0.29) is 29.9 Å². The van der Waals surface area contributed by atoms with Crippen LogP contribution in [0.1, 0.15) is 28.7 Å². The van der Waals surface area contributed by atoms with Crippen molar-refractivity contribution in [3.05, 3.63) is 53.3 Å².